The van der Waals surface area contributed by atoms with Crippen LogP contribution in [0.25, 0.3) is 0 Å². The smallest absolute Gasteiger partial charge is 0.248 e. The van der Waals surface area contributed by atoms with Gasteiger partial charge in [0.25, 0.3) is 0 Å². The maximum atomic E-state index is 11.8. The molecular weight excluding hydrogens is 216 g/mol. The number of piperazine rings is 1. The Labute approximate surface area is 105 Å². The van der Waals surface area contributed by atoms with Crippen molar-refractivity contribution in [2.45, 2.75) is 39.7 Å². The van der Waals surface area contributed by atoms with E-state index in [1.807, 2.05) is 4.90 Å². The third-order valence-corrected chi connectivity index (χ3v) is 3.46. The molecule has 0 aromatic rings. The molecule has 1 fully saturated rings. The predicted octanol–water partition coefficient (Wildman–Crippen LogP) is 1.36. The van der Waals surface area contributed by atoms with E-state index in [1.54, 1.807) is 0 Å². The van der Waals surface area contributed by atoms with Crippen molar-refractivity contribution in [3.05, 3.63) is 0 Å². The molecule has 1 heterocycles. The molecule has 4 nitrogen and oxygen atoms in total. The number of hydrogen-bond acceptors (Lipinski definition) is 3. The summed E-state index contributed by atoms with van der Waals surface area (Å²) in [5, 5.41) is 0. The topological polar surface area (TPSA) is 32.8 Å². The Morgan fingerprint density at radius 3 is 2.41 bits per heavy atom. The maximum absolute atomic E-state index is 11.8. The number of carbonyl (C=O) groups is 1. The molecule has 1 aliphatic heterocycles. The molecule has 1 amide bonds. The Hall–Kier alpha value is -0.610. The van der Waals surface area contributed by atoms with Crippen molar-refractivity contribution < 1.29 is 9.53 Å². The first-order valence-electron chi connectivity index (χ1n) is 6.78. The van der Waals surface area contributed by atoms with Gasteiger partial charge in [0.05, 0.1) is 0 Å². The average molecular weight is 242 g/mol. The summed E-state index contributed by atoms with van der Waals surface area (Å²) in [7, 11) is 0. The highest BCUT2D eigenvalue weighted by atomic mass is 16.5. The standard InChI is InChI=1S/C13H26N2O2/c1-4-10-17-11-13(16)15-8-6-14(7-9-15)12(3)5-2/h12H,4-11H2,1-3H3. The summed E-state index contributed by atoms with van der Waals surface area (Å²) in [6, 6.07) is 0.628. The molecule has 1 atom stereocenters. The van der Waals surface area contributed by atoms with Crippen LogP contribution in [0.2, 0.25) is 0 Å². The van der Waals surface area contributed by atoms with Crippen LogP contribution in [0.5, 0.6) is 0 Å². The summed E-state index contributed by atoms with van der Waals surface area (Å²) in [4.78, 5) is 16.2. The quantitative estimate of drug-likeness (QED) is 0.659. The monoisotopic (exact) mass is 242 g/mol. The van der Waals surface area contributed by atoms with Gasteiger partial charge in [-0.05, 0) is 19.8 Å². The first kappa shape index (κ1) is 14.5. The minimum Gasteiger partial charge on any atom is -0.372 e. The number of ether oxygens (including phenoxy) is 1. The van der Waals surface area contributed by atoms with Gasteiger partial charge in [-0.3, -0.25) is 9.69 Å². The third kappa shape index (κ3) is 4.64. The van der Waals surface area contributed by atoms with Gasteiger partial charge in [-0.25, -0.2) is 0 Å². The molecule has 0 N–H and O–H groups in total. The molecule has 0 bridgehead atoms. The van der Waals surface area contributed by atoms with Gasteiger partial charge in [-0.2, -0.15) is 0 Å². The zero-order valence-electron chi connectivity index (χ0n) is 11.4. The molecule has 1 rings (SSSR count). The second-order valence-corrected chi connectivity index (χ2v) is 4.73. The summed E-state index contributed by atoms with van der Waals surface area (Å²) >= 11 is 0. The van der Waals surface area contributed by atoms with Gasteiger partial charge in [0, 0.05) is 38.8 Å². The van der Waals surface area contributed by atoms with Crippen molar-refractivity contribution >= 4 is 5.91 Å². The van der Waals surface area contributed by atoms with E-state index in [0.717, 1.165) is 32.6 Å². The zero-order valence-corrected chi connectivity index (χ0v) is 11.4. The molecule has 1 unspecified atom stereocenters. The highest BCUT2D eigenvalue weighted by molar-refractivity contribution is 5.77. The summed E-state index contributed by atoms with van der Waals surface area (Å²) in [5.74, 6) is 0.141. The largest absolute Gasteiger partial charge is 0.372 e. The summed E-state index contributed by atoms with van der Waals surface area (Å²) in [6.45, 7) is 11.1. The third-order valence-electron chi connectivity index (χ3n) is 3.46. The van der Waals surface area contributed by atoms with Crippen molar-refractivity contribution in [1.29, 1.82) is 0 Å². The molecule has 0 aromatic carbocycles. The van der Waals surface area contributed by atoms with Gasteiger partial charge in [-0.15, -0.1) is 0 Å². The Bertz CT molecular complexity index is 225. The molecule has 0 saturated carbocycles. The van der Waals surface area contributed by atoms with Gasteiger partial charge in [0.2, 0.25) is 5.91 Å². The number of nitrogens with zero attached hydrogens (tertiary/aromatic N) is 2. The van der Waals surface area contributed by atoms with Gasteiger partial charge >= 0.3 is 0 Å². The van der Waals surface area contributed by atoms with E-state index in [0.29, 0.717) is 12.6 Å². The highest BCUT2D eigenvalue weighted by Crippen LogP contribution is 2.08. The van der Waals surface area contributed by atoms with Crippen LogP contribution in [0.1, 0.15) is 33.6 Å². The van der Waals surface area contributed by atoms with Gasteiger partial charge in [0.15, 0.2) is 0 Å². The van der Waals surface area contributed by atoms with Gasteiger partial charge in [-0.1, -0.05) is 13.8 Å². The van der Waals surface area contributed by atoms with Crippen LogP contribution in [-0.4, -0.2) is 61.1 Å². The van der Waals surface area contributed by atoms with Crippen LogP contribution in [0.4, 0.5) is 0 Å². The fourth-order valence-electron chi connectivity index (χ4n) is 2.07. The Morgan fingerprint density at radius 1 is 1.24 bits per heavy atom. The van der Waals surface area contributed by atoms with E-state index in [-0.39, 0.29) is 12.5 Å². The minimum atomic E-state index is 0.141. The van der Waals surface area contributed by atoms with Gasteiger partial charge < -0.3 is 9.64 Å². The number of carbonyl (C=O) groups excluding carboxylic acids is 1. The molecule has 0 spiro atoms. The van der Waals surface area contributed by atoms with Crippen LogP contribution in [0.15, 0.2) is 0 Å². The van der Waals surface area contributed by atoms with E-state index in [4.69, 9.17) is 4.74 Å². The summed E-state index contributed by atoms with van der Waals surface area (Å²) in [6.07, 6.45) is 2.14. The van der Waals surface area contributed by atoms with Crippen molar-refractivity contribution in [3.8, 4) is 0 Å². The summed E-state index contributed by atoms with van der Waals surface area (Å²) < 4.78 is 5.29. The van der Waals surface area contributed by atoms with Crippen LogP contribution in [0.3, 0.4) is 0 Å². The first-order valence-corrected chi connectivity index (χ1v) is 6.78. The van der Waals surface area contributed by atoms with Crippen molar-refractivity contribution in [2.75, 3.05) is 39.4 Å². The lowest BCUT2D eigenvalue weighted by Gasteiger charge is -2.37. The molecule has 1 aliphatic rings. The Kier molecular flexibility index (Phi) is 6.52. The van der Waals surface area contributed by atoms with Crippen molar-refractivity contribution in [1.82, 2.24) is 9.80 Å². The lowest BCUT2D eigenvalue weighted by molar-refractivity contribution is -0.138. The lowest BCUT2D eigenvalue weighted by Crippen LogP contribution is -2.52. The molecule has 1 saturated heterocycles. The second kappa shape index (κ2) is 7.67. The number of hydrogen-bond donors (Lipinski definition) is 0. The Balaban J connectivity index is 2.24. The fraction of sp³-hybridized carbons (Fsp3) is 0.923. The van der Waals surface area contributed by atoms with Crippen LogP contribution in [-0.2, 0) is 9.53 Å². The second-order valence-electron chi connectivity index (χ2n) is 4.73. The number of rotatable bonds is 6. The first-order chi connectivity index (χ1) is 8.19. The van der Waals surface area contributed by atoms with Crippen LogP contribution >= 0.6 is 0 Å². The molecule has 4 heteroatoms. The minimum absolute atomic E-state index is 0.141. The molecule has 17 heavy (non-hydrogen) atoms. The maximum Gasteiger partial charge on any atom is 0.248 e. The van der Waals surface area contributed by atoms with Gasteiger partial charge in [0.1, 0.15) is 6.61 Å². The fourth-order valence-corrected chi connectivity index (χ4v) is 2.07. The van der Waals surface area contributed by atoms with Crippen molar-refractivity contribution in [2.24, 2.45) is 0 Å². The van der Waals surface area contributed by atoms with E-state index in [1.165, 1.54) is 6.42 Å². The lowest BCUT2D eigenvalue weighted by atomic mass is 10.2. The molecule has 0 aromatic heterocycles. The molecule has 100 valence electrons. The molecular formula is C13H26N2O2. The molecule has 0 radical (unpaired) electrons. The van der Waals surface area contributed by atoms with Crippen molar-refractivity contribution in [3.63, 3.8) is 0 Å². The van der Waals surface area contributed by atoms with E-state index in [2.05, 4.69) is 25.7 Å². The van der Waals surface area contributed by atoms with E-state index >= 15 is 0 Å². The zero-order chi connectivity index (χ0) is 12.7. The Morgan fingerprint density at radius 2 is 1.88 bits per heavy atom. The number of amides is 1. The summed E-state index contributed by atoms with van der Waals surface area (Å²) in [5.41, 5.74) is 0. The SMILES string of the molecule is CCCOCC(=O)N1CCN(C(C)CC)CC1. The highest BCUT2D eigenvalue weighted by Gasteiger charge is 2.22. The van der Waals surface area contributed by atoms with Crippen LogP contribution in [0, 0.1) is 0 Å². The van der Waals surface area contributed by atoms with E-state index in [9.17, 15) is 4.79 Å². The predicted molar refractivity (Wildman–Crippen MR) is 69.0 cm³/mol. The van der Waals surface area contributed by atoms with E-state index < -0.39 is 0 Å². The average Bonchev–Trinajstić information content (AvgIpc) is 2.38. The van der Waals surface area contributed by atoms with Crippen LogP contribution < -0.4 is 0 Å². The normalized spacial score (nSPS) is 19.4. The molecule has 0 aliphatic carbocycles.